The highest BCUT2D eigenvalue weighted by atomic mass is 16.5. The molecule has 33 heavy (non-hydrogen) atoms. The van der Waals surface area contributed by atoms with Gasteiger partial charge in [-0.25, -0.2) is 0 Å². The number of hydrogen-bond acceptors (Lipinski definition) is 6. The van der Waals surface area contributed by atoms with Crippen molar-refractivity contribution in [2.75, 3.05) is 51.1 Å². The Morgan fingerprint density at radius 2 is 1.15 bits per heavy atom. The van der Waals surface area contributed by atoms with Gasteiger partial charge in [0.1, 0.15) is 13.2 Å². The molecule has 0 amide bonds. The number of benzene rings is 3. The first-order valence-corrected chi connectivity index (χ1v) is 11.2. The quantitative estimate of drug-likeness (QED) is 0.407. The number of ether oxygens (including phenoxy) is 2. The molecule has 0 aromatic heterocycles. The van der Waals surface area contributed by atoms with E-state index in [-0.39, 0.29) is 6.61 Å². The molecule has 3 aromatic rings. The molecule has 0 spiro atoms. The van der Waals surface area contributed by atoms with E-state index < -0.39 is 0 Å². The number of hydrogen-bond donors (Lipinski definition) is 2. The predicted octanol–water partition coefficient (Wildman–Crippen LogP) is 4.06. The molecule has 3 rings (SSSR count). The average molecular weight is 450 g/mol. The van der Waals surface area contributed by atoms with Crippen LogP contribution in [0.4, 0.5) is 11.4 Å². The summed E-state index contributed by atoms with van der Waals surface area (Å²) in [6, 6.07) is 22.6. The molecule has 0 aliphatic heterocycles. The Bertz CT molecular complexity index is 986. The van der Waals surface area contributed by atoms with E-state index in [0.717, 1.165) is 28.1 Å². The maximum atomic E-state index is 9.02. The second-order valence-corrected chi connectivity index (χ2v) is 8.38. The molecule has 0 atom stereocenters. The molecule has 0 heterocycles. The Morgan fingerprint density at radius 1 is 0.667 bits per heavy atom. The Morgan fingerprint density at radius 3 is 1.64 bits per heavy atom. The smallest absolute Gasteiger partial charge is 0.162 e. The van der Waals surface area contributed by atoms with Crippen LogP contribution in [-0.4, -0.2) is 46.4 Å². The van der Waals surface area contributed by atoms with E-state index in [9.17, 15) is 0 Å². The lowest BCUT2D eigenvalue weighted by Crippen LogP contribution is -2.17. The summed E-state index contributed by atoms with van der Waals surface area (Å²) in [5.74, 6) is 1.42. The molecule has 0 saturated carbocycles. The molecule has 0 aliphatic rings. The molecular formula is C27H35N3O3. The molecule has 6 nitrogen and oxygen atoms in total. The van der Waals surface area contributed by atoms with Crippen LogP contribution in [0.3, 0.4) is 0 Å². The normalized spacial score (nSPS) is 10.7. The SMILES string of the molecule is CN(C)c1ccc(COc2ccc(CNCCO)cc2OCc2ccc(N(C)C)cc2)cc1. The lowest BCUT2D eigenvalue weighted by atomic mass is 10.2. The molecule has 0 saturated heterocycles. The van der Waals surface area contributed by atoms with Crippen LogP contribution in [0.15, 0.2) is 66.7 Å². The van der Waals surface area contributed by atoms with Crippen molar-refractivity contribution in [1.82, 2.24) is 5.32 Å². The monoisotopic (exact) mass is 449 g/mol. The van der Waals surface area contributed by atoms with Gasteiger partial charge in [0.2, 0.25) is 0 Å². The van der Waals surface area contributed by atoms with Crippen molar-refractivity contribution in [3.8, 4) is 11.5 Å². The minimum absolute atomic E-state index is 0.111. The van der Waals surface area contributed by atoms with Crippen LogP contribution in [0.1, 0.15) is 16.7 Å². The van der Waals surface area contributed by atoms with Crippen LogP contribution in [0.2, 0.25) is 0 Å². The Hall–Kier alpha value is -3.22. The van der Waals surface area contributed by atoms with E-state index in [1.54, 1.807) is 0 Å². The fraction of sp³-hybridized carbons (Fsp3) is 0.333. The van der Waals surface area contributed by atoms with Crippen LogP contribution >= 0.6 is 0 Å². The minimum atomic E-state index is 0.111. The van der Waals surface area contributed by atoms with Crippen molar-refractivity contribution >= 4 is 11.4 Å². The molecule has 0 aliphatic carbocycles. The molecular weight excluding hydrogens is 414 g/mol. The summed E-state index contributed by atoms with van der Waals surface area (Å²) < 4.78 is 12.3. The van der Waals surface area contributed by atoms with Gasteiger partial charge in [-0.1, -0.05) is 30.3 Å². The standard InChI is InChI=1S/C27H35N3O3/c1-29(2)24-10-5-21(6-11-24)19-32-26-14-9-23(18-28-15-16-31)17-27(26)33-20-22-7-12-25(13-8-22)30(3)4/h5-14,17,28,31H,15-16,18-20H2,1-4H3. The highest BCUT2D eigenvalue weighted by Gasteiger charge is 2.09. The van der Waals surface area contributed by atoms with Crippen molar-refractivity contribution in [2.45, 2.75) is 19.8 Å². The van der Waals surface area contributed by atoms with Gasteiger partial charge in [0, 0.05) is 52.7 Å². The molecule has 0 fully saturated rings. The van der Waals surface area contributed by atoms with Crippen molar-refractivity contribution < 1.29 is 14.6 Å². The van der Waals surface area contributed by atoms with Crippen LogP contribution < -0.4 is 24.6 Å². The van der Waals surface area contributed by atoms with Crippen molar-refractivity contribution in [3.63, 3.8) is 0 Å². The summed E-state index contributed by atoms with van der Waals surface area (Å²) in [6.07, 6.45) is 0. The van der Waals surface area contributed by atoms with E-state index in [2.05, 4.69) is 63.6 Å². The summed E-state index contributed by atoms with van der Waals surface area (Å²) in [7, 11) is 8.11. The maximum absolute atomic E-state index is 9.02. The van der Waals surface area contributed by atoms with Gasteiger partial charge in [-0.3, -0.25) is 0 Å². The minimum Gasteiger partial charge on any atom is -0.485 e. The predicted molar refractivity (Wildman–Crippen MR) is 135 cm³/mol. The molecule has 3 aromatic carbocycles. The van der Waals surface area contributed by atoms with Crippen LogP contribution in [0.5, 0.6) is 11.5 Å². The highest BCUT2D eigenvalue weighted by molar-refractivity contribution is 5.47. The molecule has 6 heteroatoms. The molecule has 0 bridgehead atoms. The van der Waals surface area contributed by atoms with Gasteiger partial charge in [-0.15, -0.1) is 0 Å². The number of rotatable bonds is 12. The lowest BCUT2D eigenvalue weighted by Gasteiger charge is -2.16. The van der Waals surface area contributed by atoms with Gasteiger partial charge < -0.3 is 29.7 Å². The second kappa shape index (κ2) is 12.1. The topological polar surface area (TPSA) is 57.2 Å². The van der Waals surface area contributed by atoms with Gasteiger partial charge in [0.05, 0.1) is 6.61 Å². The zero-order chi connectivity index (χ0) is 23.6. The Labute approximate surface area is 197 Å². The number of aliphatic hydroxyl groups is 1. The Balaban J connectivity index is 1.71. The van der Waals surface area contributed by atoms with Crippen molar-refractivity contribution in [2.24, 2.45) is 0 Å². The number of anilines is 2. The van der Waals surface area contributed by atoms with Gasteiger partial charge in [-0.05, 0) is 53.1 Å². The maximum Gasteiger partial charge on any atom is 0.162 e. The lowest BCUT2D eigenvalue weighted by molar-refractivity contribution is 0.255. The number of nitrogens with one attached hydrogen (secondary N) is 1. The van der Waals surface area contributed by atoms with E-state index in [1.807, 2.05) is 46.4 Å². The first kappa shape index (κ1) is 24.4. The first-order valence-electron chi connectivity index (χ1n) is 11.2. The van der Waals surface area contributed by atoms with Gasteiger partial charge in [-0.2, -0.15) is 0 Å². The van der Waals surface area contributed by atoms with Crippen LogP contribution in [0.25, 0.3) is 0 Å². The number of nitrogens with zero attached hydrogens (tertiary/aromatic N) is 2. The van der Waals surface area contributed by atoms with Crippen molar-refractivity contribution in [3.05, 3.63) is 83.4 Å². The summed E-state index contributed by atoms with van der Waals surface area (Å²) in [4.78, 5) is 4.15. The third-order valence-electron chi connectivity index (χ3n) is 5.32. The largest absolute Gasteiger partial charge is 0.485 e. The van der Waals surface area contributed by atoms with E-state index in [4.69, 9.17) is 14.6 Å². The molecule has 0 radical (unpaired) electrons. The summed E-state index contributed by atoms with van der Waals surface area (Å²) in [6.45, 7) is 2.23. The summed E-state index contributed by atoms with van der Waals surface area (Å²) >= 11 is 0. The Kier molecular flexibility index (Phi) is 8.98. The first-order chi connectivity index (χ1) is 16.0. The van der Waals surface area contributed by atoms with E-state index >= 15 is 0 Å². The molecule has 2 N–H and O–H groups in total. The van der Waals surface area contributed by atoms with Crippen LogP contribution in [-0.2, 0) is 19.8 Å². The fourth-order valence-electron chi connectivity index (χ4n) is 3.31. The van der Waals surface area contributed by atoms with E-state index in [0.29, 0.717) is 37.8 Å². The number of aliphatic hydroxyl groups excluding tert-OH is 1. The fourth-order valence-corrected chi connectivity index (χ4v) is 3.31. The van der Waals surface area contributed by atoms with Gasteiger partial charge in [0.25, 0.3) is 0 Å². The zero-order valence-electron chi connectivity index (χ0n) is 20.0. The highest BCUT2D eigenvalue weighted by Crippen LogP contribution is 2.30. The van der Waals surface area contributed by atoms with E-state index in [1.165, 1.54) is 0 Å². The van der Waals surface area contributed by atoms with Crippen molar-refractivity contribution in [1.29, 1.82) is 0 Å². The third kappa shape index (κ3) is 7.41. The molecule has 176 valence electrons. The average Bonchev–Trinajstić information content (AvgIpc) is 2.82. The summed E-state index contributed by atoms with van der Waals surface area (Å²) in [5, 5.41) is 12.2. The van der Waals surface area contributed by atoms with Gasteiger partial charge >= 0.3 is 0 Å². The zero-order valence-corrected chi connectivity index (χ0v) is 20.0. The second-order valence-electron chi connectivity index (χ2n) is 8.38. The third-order valence-corrected chi connectivity index (χ3v) is 5.32. The van der Waals surface area contributed by atoms with Gasteiger partial charge in [0.15, 0.2) is 11.5 Å². The summed E-state index contributed by atoms with van der Waals surface area (Å²) in [5.41, 5.74) is 5.57. The molecule has 0 unspecified atom stereocenters. The van der Waals surface area contributed by atoms with Crippen LogP contribution in [0, 0.1) is 0 Å².